The largest absolute Gasteiger partial charge is 0.481 e. The van der Waals surface area contributed by atoms with Gasteiger partial charge >= 0.3 is 19.8 Å². The number of rotatable bonds is 38. The van der Waals surface area contributed by atoms with Gasteiger partial charge < -0.3 is 70.6 Å². The average molecular weight is 1320 g/mol. The van der Waals surface area contributed by atoms with Gasteiger partial charge in [0.25, 0.3) is 17.7 Å². The first kappa shape index (κ1) is 76.2. The summed E-state index contributed by atoms with van der Waals surface area (Å²) in [5.41, 5.74) is -0.758. The zero-order valence-electron chi connectivity index (χ0n) is 53.4. The Hall–Kier alpha value is -7.25. The third kappa shape index (κ3) is 24.7. The summed E-state index contributed by atoms with van der Waals surface area (Å²) in [5.74, 6) is -8.18. The van der Waals surface area contributed by atoms with E-state index in [4.69, 9.17) is 18.9 Å². The molecule has 1 aromatic heterocycles. The predicted octanol–water partition coefficient (Wildman–Crippen LogP) is 2.34. The Balaban J connectivity index is 1.43. The average Bonchev–Trinajstić information content (AvgIpc) is 1.33. The van der Waals surface area contributed by atoms with E-state index in [0.717, 1.165) is 28.4 Å². The number of carboxylic acids is 1. The maximum atomic E-state index is 14.5. The first-order chi connectivity index (χ1) is 42.7. The highest BCUT2D eigenvalue weighted by Crippen LogP contribution is 2.37. The van der Waals surface area contributed by atoms with Gasteiger partial charge in [0.15, 0.2) is 12.9 Å². The number of hydrogen-bond acceptors (Lipinski definition) is 20. The second-order valence-corrected chi connectivity index (χ2v) is 25.3. The third-order valence-electron chi connectivity index (χ3n) is 15.4. The third-order valence-corrected chi connectivity index (χ3v) is 16.8. The molecule has 0 aliphatic carbocycles. The standard InChI is InChI=1S/C59H89N10O20PS/c1-12-35(4)51(66-58(81)59(9,10)68-22-26-86-27-23-68)56(78)67(11)44(34(2)3)31-46(89-39(8)70)55-65-43(32-91-55)54(77)63-41(28-36(5)57(79)80)29-40-15-16-45(87-33-88-90(82,83)84)42(30-40)64-53(76)38(7)62-52(75)37(6)61-48(72)19-24-85-25-20-60-47(71)14-13-21-69-49(73)17-18-50(69)74/h15-18,30,32,34-38,41,44,46,51H,12-14,19-29,31,33H2,1-11H3,(H,60,71)(H,61,72)(H,62,75)(H,63,77)(H,64,76)(H,66,81)(H,79,80)(H2,82,83,84)/t35-,36?,37-,38-,41+,44+,46+,51-/m0/s1. The molecule has 2 aromatic rings. The number of amides is 9. The normalized spacial score (nSPS) is 16.3. The minimum Gasteiger partial charge on any atom is -0.481 e. The first-order valence-corrected chi connectivity index (χ1v) is 32.4. The number of nitrogens with zero attached hydrogens (tertiary/aromatic N) is 4. The van der Waals surface area contributed by atoms with Crippen LogP contribution in [0.3, 0.4) is 0 Å². The SMILES string of the molecule is CC[C@H](C)[C@H](NC(=O)C(C)(C)N1CCOCC1)C(=O)N(C)[C@H](C[C@@H](OC(C)=O)c1nc(C(=O)N[C@@H](Cc2ccc(OCOP(=O)(O)O)c(NC(=O)[C@H](C)NC(=O)[C@H](C)NC(=O)CCOCCNC(=O)CCCN3C(=O)C=CC3=O)c2)CC(C)C(=O)O)cs1)C(C)C. The number of nitrogens with one attached hydrogen (secondary N) is 6. The Morgan fingerprint density at radius 3 is 2.14 bits per heavy atom. The van der Waals surface area contributed by atoms with Crippen molar-refractivity contribution in [3.8, 4) is 5.75 Å². The van der Waals surface area contributed by atoms with Crippen LogP contribution in [-0.4, -0.2) is 202 Å². The van der Waals surface area contributed by atoms with E-state index in [1.807, 2.05) is 46.4 Å². The number of aromatic nitrogens is 1. The van der Waals surface area contributed by atoms with E-state index in [-0.39, 0.29) is 117 Å². The Morgan fingerprint density at radius 1 is 0.868 bits per heavy atom. The number of ether oxygens (including phenoxy) is 4. The van der Waals surface area contributed by atoms with Crippen LogP contribution in [0.25, 0.3) is 0 Å². The number of esters is 1. The molecular formula is C59H89N10O20PS. The maximum absolute atomic E-state index is 14.5. The van der Waals surface area contributed by atoms with Gasteiger partial charge in [0.1, 0.15) is 34.6 Å². The Labute approximate surface area is 533 Å². The number of aliphatic carboxylic acids is 1. The number of likely N-dealkylation sites (N-methyl/N-ethyl adjacent to an activating group) is 1. The highest BCUT2D eigenvalue weighted by atomic mass is 32.1. The van der Waals surface area contributed by atoms with Gasteiger partial charge in [0, 0.05) is 89.0 Å². The van der Waals surface area contributed by atoms with Crippen molar-refractivity contribution in [2.75, 3.05) is 71.8 Å². The molecule has 0 saturated carbocycles. The molecule has 32 heteroatoms. The number of imide groups is 1. The predicted molar refractivity (Wildman–Crippen MR) is 329 cm³/mol. The van der Waals surface area contributed by atoms with Crippen molar-refractivity contribution >= 4 is 90.0 Å². The van der Waals surface area contributed by atoms with Crippen molar-refractivity contribution in [1.82, 2.24) is 46.3 Å². The van der Waals surface area contributed by atoms with Crippen LogP contribution in [0.1, 0.15) is 135 Å². The second kappa shape index (κ2) is 36.1. The van der Waals surface area contributed by atoms with Gasteiger partial charge in [0.05, 0.1) is 43.6 Å². The maximum Gasteiger partial charge on any atom is 0.472 e. The summed E-state index contributed by atoms with van der Waals surface area (Å²) in [6.45, 7) is 17.9. The van der Waals surface area contributed by atoms with E-state index in [9.17, 15) is 72.2 Å². The van der Waals surface area contributed by atoms with Crippen molar-refractivity contribution in [1.29, 1.82) is 0 Å². The van der Waals surface area contributed by atoms with E-state index >= 15 is 0 Å². The zero-order chi connectivity index (χ0) is 67.9. The number of anilines is 1. The number of carbonyl (C=O) groups excluding carboxylic acids is 10. The fourth-order valence-corrected chi connectivity index (χ4v) is 10.8. The molecule has 506 valence electrons. The van der Waals surface area contributed by atoms with Crippen LogP contribution in [-0.2, 0) is 77.7 Å². The molecule has 8 atom stereocenters. The molecule has 9 amide bonds. The van der Waals surface area contributed by atoms with Gasteiger partial charge in [-0.3, -0.25) is 62.5 Å². The van der Waals surface area contributed by atoms with Crippen molar-refractivity contribution in [3.63, 3.8) is 0 Å². The van der Waals surface area contributed by atoms with Crippen molar-refractivity contribution in [2.24, 2.45) is 17.8 Å². The fraction of sp³-hybridized carbons (Fsp3) is 0.627. The number of morpholine rings is 1. The fourth-order valence-electron chi connectivity index (χ4n) is 9.73. The molecule has 0 spiro atoms. The molecule has 0 bridgehead atoms. The highest BCUT2D eigenvalue weighted by molar-refractivity contribution is 7.46. The molecule has 1 saturated heterocycles. The Morgan fingerprint density at radius 2 is 1.53 bits per heavy atom. The van der Waals surface area contributed by atoms with E-state index in [0.29, 0.717) is 38.3 Å². The zero-order valence-corrected chi connectivity index (χ0v) is 55.1. The van der Waals surface area contributed by atoms with E-state index in [1.54, 1.807) is 11.9 Å². The summed E-state index contributed by atoms with van der Waals surface area (Å²) in [6.07, 6.45) is 1.90. The van der Waals surface area contributed by atoms with Crippen molar-refractivity contribution in [3.05, 3.63) is 52.0 Å². The van der Waals surface area contributed by atoms with Crippen LogP contribution in [0.2, 0.25) is 0 Å². The molecular weight excluding hydrogens is 1230 g/mol. The van der Waals surface area contributed by atoms with E-state index < -0.39 is 110 Å². The second-order valence-electron chi connectivity index (χ2n) is 23.2. The van der Waals surface area contributed by atoms with Gasteiger partial charge in [-0.2, -0.15) is 0 Å². The Bertz CT molecular complexity index is 2950. The molecule has 2 aliphatic heterocycles. The van der Waals surface area contributed by atoms with Gasteiger partial charge in [-0.25, -0.2) is 14.1 Å². The van der Waals surface area contributed by atoms with Gasteiger partial charge in [0.2, 0.25) is 35.4 Å². The summed E-state index contributed by atoms with van der Waals surface area (Å²) >= 11 is 1.02. The molecule has 0 radical (unpaired) electrons. The minimum absolute atomic E-state index is 0.0587. The number of phosphoric acid groups is 1. The van der Waals surface area contributed by atoms with Crippen LogP contribution in [0, 0.1) is 17.8 Å². The lowest BCUT2D eigenvalue weighted by molar-refractivity contribution is -0.149. The lowest BCUT2D eigenvalue weighted by atomic mass is 9.92. The van der Waals surface area contributed by atoms with Crippen LogP contribution >= 0.6 is 19.2 Å². The monoisotopic (exact) mass is 1320 g/mol. The number of thiazole rings is 1. The molecule has 2 aliphatic rings. The Kier molecular flexibility index (Phi) is 30.2. The van der Waals surface area contributed by atoms with Crippen molar-refractivity contribution < 1.29 is 95.7 Å². The molecule has 1 unspecified atom stereocenters. The molecule has 91 heavy (non-hydrogen) atoms. The highest BCUT2D eigenvalue weighted by Gasteiger charge is 2.41. The smallest absolute Gasteiger partial charge is 0.472 e. The summed E-state index contributed by atoms with van der Waals surface area (Å²) in [7, 11) is -3.40. The van der Waals surface area contributed by atoms with E-state index in [1.165, 1.54) is 51.3 Å². The van der Waals surface area contributed by atoms with Gasteiger partial charge in [-0.1, -0.05) is 47.1 Å². The van der Waals surface area contributed by atoms with Crippen LogP contribution in [0.15, 0.2) is 35.7 Å². The lowest BCUT2D eigenvalue weighted by Gasteiger charge is -2.41. The summed E-state index contributed by atoms with van der Waals surface area (Å²) in [5, 5.41) is 27.8. The number of carboxylic acid groups (broad SMARTS) is 1. The summed E-state index contributed by atoms with van der Waals surface area (Å²) < 4.78 is 38.2. The first-order valence-electron chi connectivity index (χ1n) is 30.0. The number of hydrogen-bond donors (Lipinski definition) is 9. The molecule has 1 aromatic carbocycles. The van der Waals surface area contributed by atoms with Gasteiger partial charge in [-0.05, 0) is 76.5 Å². The molecule has 3 heterocycles. The molecule has 9 N–H and O–H groups in total. The van der Waals surface area contributed by atoms with Crippen molar-refractivity contribution in [2.45, 2.75) is 156 Å². The number of carbonyl (C=O) groups is 11. The van der Waals surface area contributed by atoms with Crippen LogP contribution in [0.5, 0.6) is 5.75 Å². The van der Waals surface area contributed by atoms with Crippen LogP contribution < -0.4 is 36.6 Å². The quantitative estimate of drug-likeness (QED) is 0.0153. The summed E-state index contributed by atoms with van der Waals surface area (Å²) in [4.78, 5) is 170. The molecule has 1 fully saturated rings. The van der Waals surface area contributed by atoms with Crippen LogP contribution in [0.4, 0.5) is 5.69 Å². The minimum atomic E-state index is -5.03. The van der Waals surface area contributed by atoms with E-state index in [2.05, 4.69) is 41.4 Å². The topological polar surface area (TPSA) is 406 Å². The summed E-state index contributed by atoms with van der Waals surface area (Å²) in [6, 6.07) is -0.601. The van der Waals surface area contributed by atoms with Gasteiger partial charge in [-0.15, -0.1) is 11.3 Å². The number of benzene rings is 1. The number of phosphoric ester groups is 1. The molecule has 30 nitrogen and oxygen atoms in total. The lowest BCUT2D eigenvalue weighted by Crippen LogP contribution is -2.62. The molecule has 4 rings (SSSR count).